The molecule has 6 nitrogen and oxygen atoms in total. The number of nitrogens with zero attached hydrogens (tertiary/aromatic N) is 3. The van der Waals surface area contributed by atoms with Crippen molar-refractivity contribution in [3.8, 4) is 0 Å². The van der Waals surface area contributed by atoms with Crippen molar-refractivity contribution >= 4 is 5.91 Å². The van der Waals surface area contributed by atoms with Gasteiger partial charge in [0.25, 0.3) is 5.91 Å². The summed E-state index contributed by atoms with van der Waals surface area (Å²) in [7, 11) is 0. The van der Waals surface area contributed by atoms with Crippen LogP contribution in [0, 0.1) is 0 Å². The Balaban J connectivity index is 2.16. The van der Waals surface area contributed by atoms with E-state index in [1.807, 2.05) is 0 Å². The number of carbonyl (C=O) groups excluding carboxylic acids is 1. The molecule has 0 spiro atoms. The fraction of sp³-hybridized carbons (Fsp3) is 0.727. The summed E-state index contributed by atoms with van der Waals surface area (Å²) in [5.74, 6) is -0.123. The molecule has 1 fully saturated rings. The number of hydrogen-bond acceptors (Lipinski definition) is 4. The molecule has 0 aliphatic heterocycles. The molecule has 0 unspecified atom stereocenters. The molecule has 0 saturated heterocycles. The molecule has 1 aliphatic carbocycles. The van der Waals surface area contributed by atoms with Gasteiger partial charge in [0.2, 0.25) is 0 Å². The predicted octanol–water partition coefficient (Wildman–Crippen LogP) is 0.417. The minimum absolute atomic E-state index is 0.177. The van der Waals surface area contributed by atoms with Gasteiger partial charge in [0.15, 0.2) is 5.69 Å². The highest BCUT2D eigenvalue weighted by Gasteiger charge is 2.29. The number of hydrogen-bond donors (Lipinski definition) is 2. The van der Waals surface area contributed by atoms with Gasteiger partial charge >= 0.3 is 0 Å². The maximum absolute atomic E-state index is 11.3. The van der Waals surface area contributed by atoms with E-state index < -0.39 is 5.91 Å². The lowest BCUT2D eigenvalue weighted by Crippen LogP contribution is -2.21. The summed E-state index contributed by atoms with van der Waals surface area (Å²) in [6.07, 6.45) is 4.90. The number of aliphatic hydroxyl groups excluding tert-OH is 1. The average molecular weight is 238 g/mol. The van der Waals surface area contributed by atoms with Gasteiger partial charge in [-0.1, -0.05) is 11.6 Å². The van der Waals surface area contributed by atoms with Crippen molar-refractivity contribution in [2.24, 2.45) is 5.73 Å². The van der Waals surface area contributed by atoms with Crippen LogP contribution in [0.1, 0.15) is 54.2 Å². The number of amides is 1. The van der Waals surface area contributed by atoms with Crippen LogP contribution in [0.25, 0.3) is 0 Å². The summed E-state index contributed by atoms with van der Waals surface area (Å²) in [5, 5.41) is 16.6. The molecule has 3 N–H and O–H groups in total. The van der Waals surface area contributed by atoms with Gasteiger partial charge in [-0.05, 0) is 25.7 Å². The molecule has 1 aromatic rings. The largest absolute Gasteiger partial charge is 0.396 e. The number of aryl methyl sites for hydroxylation is 1. The number of aromatic nitrogens is 3. The topological polar surface area (TPSA) is 94.0 Å². The van der Waals surface area contributed by atoms with Crippen LogP contribution in [-0.2, 0) is 6.54 Å². The standard InChI is InChI=1S/C11H18N4O2/c12-11(17)9-10(8-4-3-5-8)15(14-13-9)6-1-2-7-16/h8,16H,1-7H2,(H2,12,17). The Hall–Kier alpha value is -1.43. The Kier molecular flexibility index (Phi) is 3.73. The fourth-order valence-electron chi connectivity index (χ4n) is 2.12. The summed E-state index contributed by atoms with van der Waals surface area (Å²) in [6.45, 7) is 0.864. The molecule has 6 heteroatoms. The van der Waals surface area contributed by atoms with Gasteiger partial charge in [0.1, 0.15) is 0 Å². The summed E-state index contributed by atoms with van der Waals surface area (Å²) in [5.41, 5.74) is 6.51. The maximum Gasteiger partial charge on any atom is 0.271 e. The van der Waals surface area contributed by atoms with Gasteiger partial charge < -0.3 is 10.8 Å². The minimum atomic E-state index is -0.500. The van der Waals surface area contributed by atoms with E-state index in [1.54, 1.807) is 4.68 Å². The molecule has 1 aliphatic rings. The Bertz CT molecular complexity index is 398. The smallest absolute Gasteiger partial charge is 0.271 e. The zero-order chi connectivity index (χ0) is 12.3. The first-order valence-electron chi connectivity index (χ1n) is 6.08. The zero-order valence-electron chi connectivity index (χ0n) is 9.80. The van der Waals surface area contributed by atoms with Gasteiger partial charge in [-0.15, -0.1) is 5.10 Å². The zero-order valence-corrected chi connectivity index (χ0v) is 9.80. The van der Waals surface area contributed by atoms with Crippen molar-refractivity contribution < 1.29 is 9.90 Å². The van der Waals surface area contributed by atoms with E-state index in [2.05, 4.69) is 10.3 Å². The van der Waals surface area contributed by atoms with E-state index in [1.165, 1.54) is 6.42 Å². The highest BCUT2D eigenvalue weighted by Crippen LogP contribution is 2.37. The van der Waals surface area contributed by atoms with E-state index >= 15 is 0 Å². The molecule has 1 heterocycles. The van der Waals surface area contributed by atoms with Crippen LogP contribution in [0.5, 0.6) is 0 Å². The summed E-state index contributed by atoms with van der Waals surface area (Å²) in [6, 6.07) is 0. The molecule has 1 aromatic heterocycles. The van der Waals surface area contributed by atoms with Crippen LogP contribution in [0.4, 0.5) is 0 Å². The first-order chi connectivity index (χ1) is 8.24. The second-order valence-electron chi connectivity index (χ2n) is 4.47. The van der Waals surface area contributed by atoms with Crippen molar-refractivity contribution in [1.29, 1.82) is 0 Å². The number of carbonyl (C=O) groups is 1. The summed E-state index contributed by atoms with van der Waals surface area (Å²) in [4.78, 5) is 11.3. The molecule has 2 rings (SSSR count). The van der Waals surface area contributed by atoms with Crippen LogP contribution in [-0.4, -0.2) is 32.6 Å². The maximum atomic E-state index is 11.3. The third-order valence-corrected chi connectivity index (χ3v) is 3.28. The molecule has 94 valence electrons. The lowest BCUT2D eigenvalue weighted by molar-refractivity contribution is 0.0993. The van der Waals surface area contributed by atoms with Gasteiger partial charge in [-0.3, -0.25) is 4.79 Å². The highest BCUT2D eigenvalue weighted by molar-refractivity contribution is 5.92. The predicted molar refractivity (Wildman–Crippen MR) is 61.5 cm³/mol. The van der Waals surface area contributed by atoms with Crippen LogP contribution in [0.15, 0.2) is 0 Å². The fourth-order valence-corrected chi connectivity index (χ4v) is 2.12. The van der Waals surface area contributed by atoms with Crippen molar-refractivity contribution in [2.45, 2.75) is 44.6 Å². The normalized spacial score (nSPS) is 15.8. The molecule has 0 atom stereocenters. The second-order valence-corrected chi connectivity index (χ2v) is 4.47. The van der Waals surface area contributed by atoms with Gasteiger partial charge in [0, 0.05) is 19.1 Å². The Morgan fingerprint density at radius 1 is 1.47 bits per heavy atom. The molecular weight excluding hydrogens is 220 g/mol. The SMILES string of the molecule is NC(=O)c1nnn(CCCCO)c1C1CCC1. The second kappa shape index (κ2) is 5.27. The molecule has 0 bridgehead atoms. The molecule has 0 aromatic carbocycles. The Morgan fingerprint density at radius 3 is 2.76 bits per heavy atom. The third-order valence-electron chi connectivity index (χ3n) is 3.28. The molecule has 1 saturated carbocycles. The van der Waals surface area contributed by atoms with Gasteiger partial charge in [0.05, 0.1) is 5.69 Å². The van der Waals surface area contributed by atoms with Crippen molar-refractivity contribution in [3.05, 3.63) is 11.4 Å². The van der Waals surface area contributed by atoms with E-state index in [0.29, 0.717) is 18.2 Å². The van der Waals surface area contributed by atoms with E-state index in [9.17, 15) is 4.79 Å². The van der Waals surface area contributed by atoms with E-state index in [4.69, 9.17) is 10.8 Å². The number of primary amides is 1. The Labute approximate surface area is 99.8 Å². The van der Waals surface area contributed by atoms with Crippen molar-refractivity contribution in [1.82, 2.24) is 15.0 Å². The van der Waals surface area contributed by atoms with Crippen LogP contribution in [0.2, 0.25) is 0 Å². The van der Waals surface area contributed by atoms with Gasteiger partial charge in [-0.2, -0.15) is 0 Å². The summed E-state index contributed by atoms with van der Waals surface area (Å²) >= 11 is 0. The number of nitrogens with two attached hydrogens (primary N) is 1. The molecule has 17 heavy (non-hydrogen) atoms. The minimum Gasteiger partial charge on any atom is -0.396 e. The monoisotopic (exact) mass is 238 g/mol. The lowest BCUT2D eigenvalue weighted by atomic mass is 9.82. The molecule has 1 amide bonds. The quantitative estimate of drug-likeness (QED) is 0.702. The van der Waals surface area contributed by atoms with Crippen LogP contribution >= 0.6 is 0 Å². The number of rotatable bonds is 6. The van der Waals surface area contributed by atoms with Crippen molar-refractivity contribution in [2.75, 3.05) is 6.61 Å². The lowest BCUT2D eigenvalue weighted by Gasteiger charge is -2.26. The molecular formula is C11H18N4O2. The number of aliphatic hydroxyl groups is 1. The summed E-state index contributed by atoms with van der Waals surface area (Å²) < 4.78 is 1.78. The highest BCUT2D eigenvalue weighted by atomic mass is 16.2. The van der Waals surface area contributed by atoms with E-state index in [-0.39, 0.29) is 6.61 Å². The average Bonchev–Trinajstić information content (AvgIpc) is 2.60. The third kappa shape index (κ3) is 2.46. The first kappa shape index (κ1) is 12.0. The Morgan fingerprint density at radius 2 is 2.24 bits per heavy atom. The molecule has 0 radical (unpaired) electrons. The van der Waals surface area contributed by atoms with Crippen molar-refractivity contribution in [3.63, 3.8) is 0 Å². The van der Waals surface area contributed by atoms with E-state index in [0.717, 1.165) is 31.4 Å². The number of unbranched alkanes of at least 4 members (excludes halogenated alkanes) is 1. The van der Waals surface area contributed by atoms with Crippen LogP contribution < -0.4 is 5.73 Å². The van der Waals surface area contributed by atoms with Gasteiger partial charge in [-0.25, -0.2) is 4.68 Å². The van der Waals surface area contributed by atoms with Crippen LogP contribution in [0.3, 0.4) is 0 Å². The first-order valence-corrected chi connectivity index (χ1v) is 6.08.